The van der Waals surface area contributed by atoms with Crippen molar-refractivity contribution in [1.82, 2.24) is 4.90 Å². The highest BCUT2D eigenvalue weighted by Crippen LogP contribution is 2.30. The molecule has 0 saturated carbocycles. The molecule has 0 radical (unpaired) electrons. The van der Waals surface area contributed by atoms with Gasteiger partial charge in [-0.3, -0.25) is 4.90 Å². The molecule has 0 amide bonds. The summed E-state index contributed by atoms with van der Waals surface area (Å²) in [7, 11) is 1.40. The number of hydrogen-bond acceptors (Lipinski definition) is 2. The van der Waals surface area contributed by atoms with Gasteiger partial charge in [0.25, 0.3) is 0 Å². The van der Waals surface area contributed by atoms with E-state index in [4.69, 9.17) is 28.9 Å². The predicted molar refractivity (Wildman–Crippen MR) is 71.6 cm³/mol. The van der Waals surface area contributed by atoms with Gasteiger partial charge in [-0.05, 0) is 31.6 Å². The lowest BCUT2D eigenvalue weighted by molar-refractivity contribution is -0.143. The number of hydrogen-bond donors (Lipinski definition) is 1. The van der Waals surface area contributed by atoms with Crippen molar-refractivity contribution >= 4 is 23.2 Å². The van der Waals surface area contributed by atoms with Crippen LogP contribution in [0.2, 0.25) is 10.0 Å². The van der Waals surface area contributed by atoms with Crippen LogP contribution in [0.1, 0.15) is 18.0 Å². The first-order chi connectivity index (χ1) is 8.70. The third-order valence-corrected chi connectivity index (χ3v) is 3.49. The van der Waals surface area contributed by atoms with Gasteiger partial charge in [0.05, 0.1) is 16.6 Å². The molecule has 7 heteroatoms. The normalized spacial score (nSPS) is 13.9. The van der Waals surface area contributed by atoms with Gasteiger partial charge in [0.1, 0.15) is 0 Å². The van der Waals surface area contributed by atoms with E-state index in [0.29, 0.717) is 22.0 Å². The monoisotopic (exact) mass is 314 g/mol. The molecule has 19 heavy (non-hydrogen) atoms. The Morgan fingerprint density at radius 1 is 1.32 bits per heavy atom. The number of alkyl halides is 3. The van der Waals surface area contributed by atoms with Crippen LogP contribution in [-0.2, 0) is 0 Å². The Kier molecular flexibility index (Phi) is 5.92. The first-order valence-electron chi connectivity index (χ1n) is 5.65. The largest absolute Gasteiger partial charge is 0.401 e. The van der Waals surface area contributed by atoms with Crippen molar-refractivity contribution in [3.63, 3.8) is 0 Å². The average Bonchev–Trinajstić information content (AvgIpc) is 2.27. The van der Waals surface area contributed by atoms with Crippen molar-refractivity contribution in [3.8, 4) is 0 Å². The fourth-order valence-electron chi connectivity index (χ4n) is 1.71. The number of rotatable bonds is 5. The highest BCUT2D eigenvalue weighted by atomic mass is 35.5. The Morgan fingerprint density at radius 3 is 2.53 bits per heavy atom. The molecule has 1 aromatic carbocycles. The third kappa shape index (κ3) is 5.57. The summed E-state index contributed by atoms with van der Waals surface area (Å²) in [6.07, 6.45) is -3.83. The van der Waals surface area contributed by atoms with E-state index in [-0.39, 0.29) is 6.54 Å². The summed E-state index contributed by atoms with van der Waals surface area (Å²) in [4.78, 5) is 1.18. The minimum Gasteiger partial charge on any atom is -0.324 e. The molecule has 0 aromatic heterocycles. The van der Waals surface area contributed by atoms with Gasteiger partial charge < -0.3 is 5.73 Å². The maximum atomic E-state index is 12.2. The van der Waals surface area contributed by atoms with E-state index in [9.17, 15) is 13.2 Å². The summed E-state index contributed by atoms with van der Waals surface area (Å²) in [5.74, 6) is 0. The van der Waals surface area contributed by atoms with E-state index in [1.807, 2.05) is 0 Å². The maximum absolute atomic E-state index is 12.2. The average molecular weight is 315 g/mol. The molecule has 0 spiro atoms. The van der Waals surface area contributed by atoms with Crippen LogP contribution in [0.4, 0.5) is 13.2 Å². The summed E-state index contributed by atoms with van der Waals surface area (Å²) in [5.41, 5.74) is 6.57. The second kappa shape index (κ2) is 6.79. The molecule has 0 aliphatic heterocycles. The van der Waals surface area contributed by atoms with Crippen LogP contribution in [-0.4, -0.2) is 31.2 Å². The Labute approximate surface area is 120 Å². The molecule has 2 nitrogen and oxygen atoms in total. The molecule has 0 bridgehead atoms. The van der Waals surface area contributed by atoms with Gasteiger partial charge in [-0.2, -0.15) is 13.2 Å². The van der Waals surface area contributed by atoms with E-state index in [1.54, 1.807) is 18.2 Å². The number of nitrogens with two attached hydrogens (primary N) is 1. The molecule has 1 unspecified atom stereocenters. The molecule has 1 rings (SSSR count). The van der Waals surface area contributed by atoms with Gasteiger partial charge in [0.2, 0.25) is 0 Å². The molecule has 0 aliphatic rings. The minimum atomic E-state index is -4.20. The third-order valence-electron chi connectivity index (χ3n) is 2.65. The van der Waals surface area contributed by atoms with Crippen molar-refractivity contribution in [2.24, 2.45) is 5.73 Å². The van der Waals surface area contributed by atoms with E-state index < -0.39 is 18.8 Å². The van der Waals surface area contributed by atoms with Crippen molar-refractivity contribution in [2.45, 2.75) is 18.6 Å². The Morgan fingerprint density at radius 2 is 1.95 bits per heavy atom. The molecular weight excluding hydrogens is 300 g/mol. The number of nitrogens with zero attached hydrogens (tertiary/aromatic N) is 1. The Balaban J connectivity index is 2.56. The van der Waals surface area contributed by atoms with E-state index in [0.717, 1.165) is 0 Å². The zero-order valence-corrected chi connectivity index (χ0v) is 11.9. The smallest absolute Gasteiger partial charge is 0.324 e. The molecule has 108 valence electrons. The van der Waals surface area contributed by atoms with Gasteiger partial charge in [0.15, 0.2) is 0 Å². The van der Waals surface area contributed by atoms with Crippen LogP contribution in [0.5, 0.6) is 0 Å². The van der Waals surface area contributed by atoms with Crippen LogP contribution in [0.25, 0.3) is 0 Å². The van der Waals surface area contributed by atoms with Crippen molar-refractivity contribution < 1.29 is 13.2 Å². The van der Waals surface area contributed by atoms with Crippen LogP contribution < -0.4 is 5.73 Å². The van der Waals surface area contributed by atoms with Crippen LogP contribution in [0.15, 0.2) is 18.2 Å². The highest BCUT2D eigenvalue weighted by molar-refractivity contribution is 6.42. The Hall–Kier alpha value is -0.490. The minimum absolute atomic E-state index is 0.226. The quantitative estimate of drug-likeness (QED) is 0.893. The zero-order valence-electron chi connectivity index (χ0n) is 10.3. The Bertz CT molecular complexity index is 424. The first-order valence-corrected chi connectivity index (χ1v) is 6.41. The highest BCUT2D eigenvalue weighted by Gasteiger charge is 2.29. The molecule has 0 saturated heterocycles. The van der Waals surface area contributed by atoms with Crippen molar-refractivity contribution in [3.05, 3.63) is 33.8 Å². The summed E-state index contributed by atoms with van der Waals surface area (Å²) >= 11 is 11.9. The second-order valence-electron chi connectivity index (χ2n) is 4.39. The summed E-state index contributed by atoms with van der Waals surface area (Å²) in [6.45, 7) is -0.730. The van der Waals surface area contributed by atoms with Crippen LogP contribution in [0, 0.1) is 0 Å². The molecule has 1 aromatic rings. The molecular formula is C12H15Cl2F3N2. The van der Waals surface area contributed by atoms with Gasteiger partial charge >= 0.3 is 6.18 Å². The van der Waals surface area contributed by atoms with E-state index >= 15 is 0 Å². The lowest BCUT2D eigenvalue weighted by Gasteiger charge is -2.21. The second-order valence-corrected chi connectivity index (χ2v) is 5.18. The van der Waals surface area contributed by atoms with E-state index in [2.05, 4.69) is 0 Å². The number of benzene rings is 1. The molecule has 0 heterocycles. The molecule has 2 N–H and O–H groups in total. The van der Waals surface area contributed by atoms with Crippen LogP contribution in [0.3, 0.4) is 0 Å². The predicted octanol–water partition coefficient (Wildman–Crippen LogP) is 3.88. The fourth-order valence-corrected chi connectivity index (χ4v) is 2.15. The fraction of sp³-hybridized carbons (Fsp3) is 0.500. The van der Waals surface area contributed by atoms with Crippen molar-refractivity contribution in [2.75, 3.05) is 20.1 Å². The lowest BCUT2D eigenvalue weighted by Crippen LogP contribution is -2.33. The summed E-state index contributed by atoms with van der Waals surface area (Å²) in [5, 5.41) is 0.744. The lowest BCUT2D eigenvalue weighted by atomic mass is 10.0. The number of halogens is 5. The van der Waals surface area contributed by atoms with Crippen molar-refractivity contribution in [1.29, 1.82) is 0 Å². The molecule has 0 fully saturated rings. The first kappa shape index (κ1) is 16.6. The SMILES string of the molecule is CN(CCC(N)c1cccc(Cl)c1Cl)CC(F)(F)F. The van der Waals surface area contributed by atoms with E-state index in [1.165, 1.54) is 11.9 Å². The van der Waals surface area contributed by atoms with Gasteiger partial charge in [-0.25, -0.2) is 0 Å². The summed E-state index contributed by atoms with van der Waals surface area (Å²) < 4.78 is 36.5. The van der Waals surface area contributed by atoms with Gasteiger partial charge in [-0.1, -0.05) is 35.3 Å². The standard InChI is InChI=1S/C12H15Cl2F3N2/c1-19(7-12(15,16)17)6-5-10(18)8-3-2-4-9(13)11(8)14/h2-4,10H,5-7,18H2,1H3. The maximum Gasteiger partial charge on any atom is 0.401 e. The molecule has 0 aliphatic carbocycles. The van der Waals surface area contributed by atoms with Gasteiger partial charge in [-0.15, -0.1) is 0 Å². The molecule has 1 atom stereocenters. The summed E-state index contributed by atoms with van der Waals surface area (Å²) in [6, 6.07) is 4.63. The topological polar surface area (TPSA) is 29.3 Å². The van der Waals surface area contributed by atoms with Gasteiger partial charge in [0, 0.05) is 6.04 Å². The van der Waals surface area contributed by atoms with Crippen LogP contribution >= 0.6 is 23.2 Å². The zero-order chi connectivity index (χ0) is 14.6.